The smallest absolute Gasteiger partial charge is 0.397 e. The molecule has 0 heterocycles. The van der Waals surface area contributed by atoms with Gasteiger partial charge >= 0.3 is 16.4 Å². The molecule has 1 fully saturated rings. The van der Waals surface area contributed by atoms with Gasteiger partial charge in [-0.15, -0.1) is 0 Å². The highest BCUT2D eigenvalue weighted by atomic mass is 32.3. The predicted molar refractivity (Wildman–Crippen MR) is 371 cm³/mol. The van der Waals surface area contributed by atoms with Crippen molar-refractivity contribution in [2.24, 2.45) is 35.3 Å². The van der Waals surface area contributed by atoms with Gasteiger partial charge in [-0.25, -0.2) is 8.98 Å². The number of aliphatic hydroxyl groups is 11. The number of allylic oxidation sites excluding steroid dienone is 16. The van der Waals surface area contributed by atoms with E-state index in [9.17, 15) is 83.5 Å². The Bertz CT molecular complexity index is 2660. The first-order valence-electron chi connectivity index (χ1n) is 33.3. The Morgan fingerprint density at radius 3 is 1.64 bits per heavy atom. The second-order valence-corrected chi connectivity index (χ2v) is 26.0. The van der Waals surface area contributed by atoms with Gasteiger partial charge < -0.3 is 66.6 Å². The van der Waals surface area contributed by atoms with E-state index >= 15 is 0 Å². The number of carbonyl (C=O) groups excluding carboxylic acids is 2. The Labute approximate surface area is 564 Å². The standard InChI is InChI=1S/C72H115N3O19S/c1-51-30-24-25-33-56(51)44-69(87)75-72(73)74-43-29-40-63(82)46-59(78)35-26-34-57(76)45-58(77)36-27-37-60(79)47-64(83)48-61(80)38-28-39-62(81)49-65(84)50-67(86)54(4)68(94-95(91,92)93)42-23-19-15-10-8-6-7-9-14-18-22-41-66(85)55(5)70(88)52(2)31-20-16-12-11-13-17-21-32-53(3)71(89)90/h6-11,13-15,17-23,26-28,31-32,34,37,39,41,51-52,54-66,68,70,72,74,76-85,88H,12,16,24-25,29-30,33,35-36,38,40,42-50,73H2,1-5H3,(H,75,87)(H,89,90)(H,91,92,93). The first-order chi connectivity index (χ1) is 45.0. The van der Waals surface area contributed by atoms with E-state index in [4.69, 9.17) is 15.0 Å². The van der Waals surface area contributed by atoms with E-state index in [0.717, 1.165) is 32.1 Å². The van der Waals surface area contributed by atoms with Crippen LogP contribution < -0.4 is 16.4 Å². The number of hydrogen-bond donors (Lipinski definition) is 16. The van der Waals surface area contributed by atoms with E-state index in [1.807, 2.05) is 31.2 Å². The van der Waals surface area contributed by atoms with Gasteiger partial charge in [0.15, 0.2) is 0 Å². The highest BCUT2D eigenvalue weighted by molar-refractivity contribution is 7.80. The topological polar surface area (TPSA) is 408 Å². The molecule has 0 aliphatic heterocycles. The van der Waals surface area contributed by atoms with Gasteiger partial charge in [-0.05, 0) is 95.9 Å². The van der Waals surface area contributed by atoms with Crippen LogP contribution in [0.15, 0.2) is 157 Å². The third-order valence-electron chi connectivity index (χ3n) is 16.2. The van der Waals surface area contributed by atoms with Crippen LogP contribution in [0.2, 0.25) is 0 Å². The number of aliphatic hydroxyl groups excluding tert-OH is 11. The number of nitrogens with one attached hydrogen (secondary N) is 2. The molecule has 18 unspecified atom stereocenters. The lowest BCUT2D eigenvalue weighted by atomic mass is 9.78. The van der Waals surface area contributed by atoms with E-state index in [2.05, 4.69) is 17.6 Å². The molecule has 0 aromatic carbocycles. The Morgan fingerprint density at radius 1 is 0.579 bits per heavy atom. The van der Waals surface area contributed by atoms with Crippen LogP contribution in [0.25, 0.3) is 0 Å². The summed E-state index contributed by atoms with van der Waals surface area (Å²) in [6.07, 6.45) is 35.1. The lowest BCUT2D eigenvalue weighted by Gasteiger charge is -2.28. The maximum absolute atomic E-state index is 13.1. The average molecular weight is 1360 g/mol. The minimum absolute atomic E-state index is 0.00268. The lowest BCUT2D eigenvalue weighted by molar-refractivity contribution is -0.132. The highest BCUT2D eigenvalue weighted by Gasteiger charge is 2.30. The molecule has 1 rings (SSSR count). The molecule has 1 aliphatic rings. The van der Waals surface area contributed by atoms with Gasteiger partial charge in [-0.1, -0.05) is 199 Å². The summed E-state index contributed by atoms with van der Waals surface area (Å²) in [5, 5.41) is 130. The minimum Gasteiger partial charge on any atom is -0.478 e. The zero-order valence-corrected chi connectivity index (χ0v) is 57.0. The summed E-state index contributed by atoms with van der Waals surface area (Å²) in [7, 11) is -4.96. The van der Waals surface area contributed by atoms with E-state index in [0.29, 0.717) is 37.6 Å². The molecule has 18 atom stereocenters. The van der Waals surface area contributed by atoms with Crippen molar-refractivity contribution >= 4 is 28.1 Å². The largest absolute Gasteiger partial charge is 0.478 e. The molecule has 1 aliphatic carbocycles. The Balaban J connectivity index is 2.41. The summed E-state index contributed by atoms with van der Waals surface area (Å²) in [4.78, 5) is 36.3. The van der Waals surface area contributed by atoms with Crippen LogP contribution in [-0.4, -0.2) is 178 Å². The molecule has 0 spiro atoms. The fourth-order valence-electron chi connectivity index (χ4n) is 10.4. The van der Waals surface area contributed by atoms with Gasteiger partial charge in [0.2, 0.25) is 5.91 Å². The molecule has 1 saturated carbocycles. The number of ketones is 1. The van der Waals surface area contributed by atoms with Gasteiger partial charge in [0.25, 0.3) is 0 Å². The number of carboxylic acids is 1. The van der Waals surface area contributed by atoms with E-state index in [-0.39, 0.29) is 75.2 Å². The van der Waals surface area contributed by atoms with Crippen molar-refractivity contribution in [3.63, 3.8) is 0 Å². The number of amides is 1. The van der Waals surface area contributed by atoms with Gasteiger partial charge in [0, 0.05) is 55.4 Å². The SMILES string of the molecule is CC(=CC=CC=CCCC=CC(C)C(O)C(C)C(O)C=CC=CC=CC=CC=CC=CCC(OS(=O)(=O)O)C(C)C(=O)CC(O)CC(O)C=CCC(O)CC(O)CC(O)C=CCC(O)CC(O)C=CCC(O)CC(O)CCCNC(N)NC(=O)CC1CCCCC1C)C(=O)O. The molecule has 0 radical (unpaired) electrons. The summed E-state index contributed by atoms with van der Waals surface area (Å²) in [5.74, 6) is -2.44. The van der Waals surface area contributed by atoms with Gasteiger partial charge in [-0.3, -0.25) is 25.2 Å². The second-order valence-electron chi connectivity index (χ2n) is 24.9. The fraction of sp³-hybridized carbons (Fsp3) is 0.597. The Morgan fingerprint density at radius 2 is 1.07 bits per heavy atom. The Kier molecular flexibility index (Phi) is 47.7. The molecular formula is C72H115N3O19S. The van der Waals surface area contributed by atoms with Crippen molar-refractivity contribution in [1.29, 1.82) is 0 Å². The monoisotopic (exact) mass is 1360 g/mol. The molecular weight excluding hydrogens is 1240 g/mol. The molecule has 95 heavy (non-hydrogen) atoms. The summed E-state index contributed by atoms with van der Waals surface area (Å²) in [6.45, 7) is 9.22. The van der Waals surface area contributed by atoms with Crippen molar-refractivity contribution < 1.29 is 92.8 Å². The molecule has 0 aromatic heterocycles. The van der Waals surface area contributed by atoms with Crippen molar-refractivity contribution in [3.05, 3.63) is 157 Å². The van der Waals surface area contributed by atoms with Crippen molar-refractivity contribution in [2.45, 2.75) is 236 Å². The molecule has 538 valence electrons. The van der Waals surface area contributed by atoms with Gasteiger partial charge in [-0.2, -0.15) is 8.42 Å². The predicted octanol–water partition coefficient (Wildman–Crippen LogP) is 6.95. The molecule has 23 heteroatoms. The number of unbranched alkanes of at least 4 members (excludes halogenated alkanes) is 1. The number of nitrogens with two attached hydrogens (primary N) is 1. The zero-order chi connectivity index (χ0) is 71.1. The van der Waals surface area contributed by atoms with E-state index in [1.165, 1.54) is 62.8 Å². The quantitative estimate of drug-likeness (QED) is 0.00731. The third-order valence-corrected chi connectivity index (χ3v) is 16.7. The van der Waals surface area contributed by atoms with Crippen LogP contribution in [0.4, 0.5) is 0 Å². The van der Waals surface area contributed by atoms with Crippen molar-refractivity contribution in [2.75, 3.05) is 6.54 Å². The number of carboxylic acid groups (broad SMARTS) is 1. The summed E-state index contributed by atoms with van der Waals surface area (Å²) >= 11 is 0. The van der Waals surface area contributed by atoms with Crippen LogP contribution in [-0.2, 0) is 29.0 Å². The number of Topliss-reactive ketones (excluding diaryl/α,β-unsaturated/α-hetero) is 1. The highest BCUT2D eigenvalue weighted by Crippen LogP contribution is 2.32. The second kappa shape index (κ2) is 51.8. The van der Waals surface area contributed by atoms with Crippen LogP contribution in [0, 0.1) is 29.6 Å². The average Bonchev–Trinajstić information content (AvgIpc) is 1.11. The van der Waals surface area contributed by atoms with Crippen LogP contribution in [0.3, 0.4) is 0 Å². The van der Waals surface area contributed by atoms with Crippen LogP contribution in [0.5, 0.6) is 0 Å². The number of hydrogen-bond acceptors (Lipinski definition) is 19. The molecule has 0 saturated heterocycles. The summed E-state index contributed by atoms with van der Waals surface area (Å²) < 4.78 is 37.5. The first-order valence-corrected chi connectivity index (χ1v) is 34.7. The maximum atomic E-state index is 13.1. The number of carbonyl (C=O) groups is 3. The normalized spacial score (nSPS) is 21.1. The minimum atomic E-state index is -4.96. The van der Waals surface area contributed by atoms with E-state index < -0.39 is 120 Å². The molecule has 0 bridgehead atoms. The Hall–Kier alpha value is -5.42. The maximum Gasteiger partial charge on any atom is 0.397 e. The van der Waals surface area contributed by atoms with Gasteiger partial charge in [0.1, 0.15) is 12.1 Å². The zero-order valence-electron chi connectivity index (χ0n) is 56.2. The molecule has 0 aromatic rings. The van der Waals surface area contributed by atoms with Crippen LogP contribution in [0.1, 0.15) is 157 Å². The summed E-state index contributed by atoms with van der Waals surface area (Å²) in [6, 6.07) is 0. The first kappa shape index (κ1) is 87.6. The van der Waals surface area contributed by atoms with E-state index in [1.54, 1.807) is 92.0 Å². The summed E-state index contributed by atoms with van der Waals surface area (Å²) in [5.41, 5.74) is 6.26. The van der Waals surface area contributed by atoms with Crippen molar-refractivity contribution in [1.82, 2.24) is 10.6 Å². The number of aliphatic carboxylic acids is 1. The molecule has 1 amide bonds. The lowest BCUT2D eigenvalue weighted by Crippen LogP contribution is -2.52. The third kappa shape index (κ3) is 46.4. The van der Waals surface area contributed by atoms with Crippen LogP contribution >= 0.6 is 0 Å². The number of rotatable bonds is 51. The fourth-order valence-corrected chi connectivity index (χ4v) is 10.9. The van der Waals surface area contributed by atoms with Gasteiger partial charge in [0.05, 0.1) is 73.2 Å². The molecule has 22 nitrogen and oxygen atoms in total. The molecule has 17 N–H and O–H groups in total. The van der Waals surface area contributed by atoms with Crippen molar-refractivity contribution in [3.8, 4) is 0 Å².